The second kappa shape index (κ2) is 4.20. The highest BCUT2D eigenvalue weighted by Crippen LogP contribution is 2.37. The van der Waals surface area contributed by atoms with Crippen molar-refractivity contribution in [3.05, 3.63) is 29.0 Å². The molecule has 0 atom stereocenters. The first-order valence-corrected chi connectivity index (χ1v) is 5.35. The highest BCUT2D eigenvalue weighted by molar-refractivity contribution is 5.89. The van der Waals surface area contributed by atoms with Gasteiger partial charge in [-0.25, -0.2) is 0 Å². The second-order valence-electron chi connectivity index (χ2n) is 4.05. The number of methoxy groups -OCH3 is 1. The Labute approximate surface area is 102 Å². The number of benzene rings is 1. The van der Waals surface area contributed by atoms with E-state index in [0.29, 0.717) is 22.2 Å². The molecule has 0 aliphatic rings. The van der Waals surface area contributed by atoms with Crippen LogP contribution >= 0.6 is 0 Å². The highest BCUT2D eigenvalue weighted by atomic mass is 19.4. The molecule has 3 nitrogen and oxygen atoms in total. The van der Waals surface area contributed by atoms with Crippen molar-refractivity contribution in [1.29, 1.82) is 0 Å². The smallest absolute Gasteiger partial charge is 0.431 e. The van der Waals surface area contributed by atoms with E-state index in [-0.39, 0.29) is 12.1 Å². The molecule has 1 aromatic carbocycles. The summed E-state index contributed by atoms with van der Waals surface area (Å²) in [6.45, 7) is 1.54. The van der Waals surface area contributed by atoms with Crippen LogP contribution in [0.15, 0.2) is 12.1 Å². The zero-order valence-electron chi connectivity index (χ0n) is 9.98. The lowest BCUT2D eigenvalue weighted by Crippen LogP contribution is -2.11. The van der Waals surface area contributed by atoms with Gasteiger partial charge in [0.05, 0.1) is 7.11 Å². The minimum atomic E-state index is -4.44. The predicted octanol–water partition coefficient (Wildman–Crippen LogP) is 2.96. The van der Waals surface area contributed by atoms with Crippen molar-refractivity contribution < 1.29 is 17.9 Å². The number of hydrogen-bond acceptors (Lipinski definition) is 2. The summed E-state index contributed by atoms with van der Waals surface area (Å²) in [6.07, 6.45) is -4.44. The molecule has 0 aliphatic carbocycles. The highest BCUT2D eigenvalue weighted by Gasteiger charge is 2.36. The van der Waals surface area contributed by atoms with Gasteiger partial charge in [-0.3, -0.25) is 0 Å². The van der Waals surface area contributed by atoms with Crippen LogP contribution in [-0.2, 0) is 12.7 Å². The Balaban J connectivity index is 2.81. The van der Waals surface area contributed by atoms with Crippen molar-refractivity contribution in [3.8, 4) is 5.75 Å². The number of aromatic nitrogens is 1. The quantitative estimate of drug-likeness (QED) is 0.870. The largest absolute Gasteiger partial charge is 0.497 e. The van der Waals surface area contributed by atoms with Gasteiger partial charge in [0.2, 0.25) is 0 Å². The molecule has 0 bridgehead atoms. The van der Waals surface area contributed by atoms with E-state index in [1.54, 1.807) is 19.1 Å². The van der Waals surface area contributed by atoms with Crippen LogP contribution in [0.3, 0.4) is 0 Å². The summed E-state index contributed by atoms with van der Waals surface area (Å²) in [5, 5.41) is 0.460. The average molecular weight is 258 g/mol. The molecule has 18 heavy (non-hydrogen) atoms. The predicted molar refractivity (Wildman–Crippen MR) is 62.5 cm³/mol. The Hall–Kier alpha value is -1.69. The standard InChI is InChI=1S/C12H13F3N2O/c1-6-3-7(18-2)4-8-9(5-16)11(12(13,14)15)17-10(6)8/h3-4,17H,5,16H2,1-2H3. The van der Waals surface area contributed by atoms with Crippen LogP contribution in [0.1, 0.15) is 16.8 Å². The van der Waals surface area contributed by atoms with Crippen LogP contribution in [0.4, 0.5) is 13.2 Å². The summed E-state index contributed by atoms with van der Waals surface area (Å²) in [5.41, 5.74) is 5.86. The molecule has 0 aliphatic heterocycles. The maximum absolute atomic E-state index is 12.9. The van der Waals surface area contributed by atoms with Gasteiger partial charge in [-0.1, -0.05) is 0 Å². The van der Waals surface area contributed by atoms with Crippen LogP contribution in [0, 0.1) is 6.92 Å². The molecule has 1 heterocycles. The fourth-order valence-electron chi connectivity index (χ4n) is 2.06. The van der Waals surface area contributed by atoms with E-state index in [9.17, 15) is 13.2 Å². The van der Waals surface area contributed by atoms with E-state index in [1.165, 1.54) is 7.11 Å². The molecular formula is C12H13F3N2O. The van der Waals surface area contributed by atoms with Gasteiger partial charge in [0.1, 0.15) is 11.4 Å². The number of nitrogens with two attached hydrogens (primary N) is 1. The molecule has 0 spiro atoms. The normalized spacial score (nSPS) is 12.1. The maximum Gasteiger partial charge on any atom is 0.431 e. The third kappa shape index (κ3) is 1.92. The average Bonchev–Trinajstić information content (AvgIpc) is 2.67. The third-order valence-electron chi connectivity index (χ3n) is 2.91. The minimum absolute atomic E-state index is 0.0690. The number of hydrogen-bond donors (Lipinski definition) is 2. The minimum Gasteiger partial charge on any atom is -0.497 e. The number of fused-ring (bicyclic) bond motifs is 1. The molecular weight excluding hydrogens is 245 g/mol. The molecule has 3 N–H and O–H groups in total. The fraction of sp³-hybridized carbons (Fsp3) is 0.333. The van der Waals surface area contributed by atoms with Crippen molar-refractivity contribution in [2.24, 2.45) is 5.73 Å². The lowest BCUT2D eigenvalue weighted by atomic mass is 10.1. The van der Waals surface area contributed by atoms with Crippen molar-refractivity contribution in [3.63, 3.8) is 0 Å². The Morgan fingerprint density at radius 1 is 1.33 bits per heavy atom. The van der Waals surface area contributed by atoms with Gasteiger partial charge < -0.3 is 15.5 Å². The summed E-state index contributed by atoms with van der Waals surface area (Å²) < 4.78 is 43.7. The Morgan fingerprint density at radius 3 is 2.50 bits per heavy atom. The Bertz CT molecular complexity index is 587. The van der Waals surface area contributed by atoms with Crippen LogP contribution in [0.2, 0.25) is 0 Å². The molecule has 1 aromatic heterocycles. The van der Waals surface area contributed by atoms with Crippen LogP contribution < -0.4 is 10.5 Å². The van der Waals surface area contributed by atoms with Gasteiger partial charge in [0.25, 0.3) is 0 Å². The molecule has 0 saturated carbocycles. The molecule has 98 valence electrons. The SMILES string of the molecule is COc1cc(C)c2[nH]c(C(F)(F)F)c(CN)c2c1. The topological polar surface area (TPSA) is 51.0 Å². The fourth-order valence-corrected chi connectivity index (χ4v) is 2.06. The second-order valence-corrected chi connectivity index (χ2v) is 4.05. The number of aromatic amines is 1. The lowest BCUT2D eigenvalue weighted by Gasteiger charge is -2.06. The zero-order chi connectivity index (χ0) is 13.5. The Kier molecular flexibility index (Phi) is 2.98. The van der Waals surface area contributed by atoms with Crippen LogP contribution in [-0.4, -0.2) is 12.1 Å². The molecule has 0 saturated heterocycles. The summed E-state index contributed by atoms with van der Waals surface area (Å²) in [6, 6.07) is 3.25. The molecule has 0 radical (unpaired) electrons. The van der Waals surface area contributed by atoms with E-state index in [1.807, 2.05) is 0 Å². The van der Waals surface area contributed by atoms with Crippen LogP contribution in [0.5, 0.6) is 5.75 Å². The molecule has 2 aromatic rings. The molecule has 0 fully saturated rings. The van der Waals surface area contributed by atoms with Crippen LogP contribution in [0.25, 0.3) is 10.9 Å². The van der Waals surface area contributed by atoms with Gasteiger partial charge in [-0.05, 0) is 24.6 Å². The van der Waals surface area contributed by atoms with Crippen molar-refractivity contribution in [2.75, 3.05) is 7.11 Å². The number of aryl methyl sites for hydroxylation is 1. The summed E-state index contributed by atoms with van der Waals surface area (Å²) in [4.78, 5) is 2.41. The van der Waals surface area contributed by atoms with Gasteiger partial charge in [-0.2, -0.15) is 13.2 Å². The van der Waals surface area contributed by atoms with Gasteiger partial charge in [0, 0.05) is 23.0 Å². The van der Waals surface area contributed by atoms with Gasteiger partial charge in [-0.15, -0.1) is 0 Å². The monoisotopic (exact) mass is 258 g/mol. The van der Waals surface area contributed by atoms with E-state index >= 15 is 0 Å². The number of H-pyrrole nitrogens is 1. The number of halogens is 3. The summed E-state index contributed by atoms with van der Waals surface area (Å²) >= 11 is 0. The Morgan fingerprint density at radius 2 is 2.00 bits per heavy atom. The van der Waals surface area contributed by atoms with Crippen molar-refractivity contribution >= 4 is 10.9 Å². The van der Waals surface area contributed by atoms with Gasteiger partial charge >= 0.3 is 6.18 Å². The summed E-state index contributed by atoms with van der Waals surface area (Å²) in [5.74, 6) is 0.516. The molecule has 2 rings (SSSR count). The lowest BCUT2D eigenvalue weighted by molar-refractivity contribution is -0.141. The number of rotatable bonds is 2. The molecule has 6 heteroatoms. The van der Waals surface area contributed by atoms with E-state index in [0.717, 1.165) is 0 Å². The van der Waals surface area contributed by atoms with Crippen molar-refractivity contribution in [1.82, 2.24) is 4.98 Å². The van der Waals surface area contributed by atoms with Gasteiger partial charge in [0.15, 0.2) is 0 Å². The van der Waals surface area contributed by atoms with Crippen molar-refractivity contribution in [2.45, 2.75) is 19.6 Å². The third-order valence-corrected chi connectivity index (χ3v) is 2.91. The van der Waals surface area contributed by atoms with E-state index in [4.69, 9.17) is 10.5 Å². The number of alkyl halides is 3. The molecule has 0 amide bonds. The first-order valence-electron chi connectivity index (χ1n) is 5.35. The first kappa shape index (κ1) is 12.8. The zero-order valence-corrected chi connectivity index (χ0v) is 9.98. The number of ether oxygens (including phenoxy) is 1. The maximum atomic E-state index is 12.9. The van der Waals surface area contributed by atoms with E-state index in [2.05, 4.69) is 4.98 Å². The summed E-state index contributed by atoms with van der Waals surface area (Å²) in [7, 11) is 1.47. The van der Waals surface area contributed by atoms with E-state index < -0.39 is 11.9 Å². The molecule has 0 unspecified atom stereocenters. The number of nitrogens with one attached hydrogen (secondary N) is 1. The first-order chi connectivity index (χ1) is 8.38.